The van der Waals surface area contributed by atoms with E-state index in [4.69, 9.17) is 18.7 Å². The van der Waals surface area contributed by atoms with Crippen molar-refractivity contribution in [3.05, 3.63) is 109 Å². The van der Waals surface area contributed by atoms with E-state index < -0.39 is 0 Å². The highest BCUT2D eigenvalue weighted by molar-refractivity contribution is 7.24. The number of hydrogen-bond donors (Lipinski definition) is 0. The molecule has 12 rings (SSSR count). The number of para-hydroxylation sites is 2. The number of rotatable bonds is 2. The van der Waals surface area contributed by atoms with Crippen LogP contribution >= 0.6 is 34.4 Å². The van der Waals surface area contributed by atoms with Crippen molar-refractivity contribution < 1.29 is 0 Å². The number of benzene rings is 6. The molecule has 6 nitrogen and oxygen atoms in total. The van der Waals surface area contributed by atoms with E-state index in [-0.39, 0.29) is 0 Å². The lowest BCUT2D eigenvalue weighted by molar-refractivity contribution is 1.02. The summed E-state index contributed by atoms with van der Waals surface area (Å²) in [6.45, 7) is 0. The zero-order valence-electron chi connectivity index (χ0n) is 27.3. The van der Waals surface area contributed by atoms with Crippen molar-refractivity contribution in [3.63, 3.8) is 0 Å². The van der Waals surface area contributed by atoms with Crippen molar-refractivity contribution in [1.29, 1.82) is 0 Å². The molecule has 6 aromatic heterocycles. The van der Waals surface area contributed by atoms with Crippen LogP contribution in [0, 0.1) is 0 Å². The van der Waals surface area contributed by atoms with Crippen molar-refractivity contribution in [2.75, 3.05) is 0 Å². The number of thiophene rings is 2. The van der Waals surface area contributed by atoms with Crippen LogP contribution in [-0.2, 0) is 14.1 Å². The molecule has 0 N–H and O–H groups in total. The van der Waals surface area contributed by atoms with Gasteiger partial charge in [-0.05, 0) is 35.0 Å². The molecule has 0 unspecified atom stereocenters. The molecule has 51 heavy (non-hydrogen) atoms. The van der Waals surface area contributed by atoms with Crippen molar-refractivity contribution in [2.45, 2.75) is 0 Å². The SMILES string of the molecule is Cn1c2ccccc2c2sc(-c3c4nsnc4c(-c4cc5c(s4)c4ccccc4n5C)c4nc5c6ccccc6c6ccccc6c5nc34)cc21. The minimum atomic E-state index is 0.858. The minimum Gasteiger partial charge on any atom is -0.343 e. The van der Waals surface area contributed by atoms with E-state index >= 15 is 0 Å². The predicted molar refractivity (Wildman–Crippen MR) is 218 cm³/mol. The molecule has 0 saturated heterocycles. The van der Waals surface area contributed by atoms with Crippen LogP contribution in [-0.4, -0.2) is 27.8 Å². The van der Waals surface area contributed by atoms with Crippen molar-refractivity contribution in [3.8, 4) is 20.9 Å². The van der Waals surface area contributed by atoms with Crippen molar-refractivity contribution in [2.24, 2.45) is 14.1 Å². The van der Waals surface area contributed by atoms with E-state index in [1.807, 2.05) is 0 Å². The highest BCUT2D eigenvalue weighted by Crippen LogP contribution is 2.50. The average molecular weight is 709 g/mol. The molecule has 0 spiro atoms. The molecule has 6 heterocycles. The lowest BCUT2D eigenvalue weighted by Gasteiger charge is -2.14. The fraction of sp³-hybridized carbons (Fsp3) is 0.0476. The number of aryl methyl sites for hydroxylation is 2. The van der Waals surface area contributed by atoms with E-state index in [2.05, 4.69) is 132 Å². The van der Waals surface area contributed by atoms with E-state index in [9.17, 15) is 0 Å². The summed E-state index contributed by atoms with van der Waals surface area (Å²) in [4.78, 5) is 13.6. The van der Waals surface area contributed by atoms with Crippen LogP contribution in [0.5, 0.6) is 0 Å². The molecule has 0 saturated carbocycles. The third-order valence-corrected chi connectivity index (χ3v) is 13.5. The molecule has 0 radical (unpaired) electrons. The van der Waals surface area contributed by atoms with Gasteiger partial charge >= 0.3 is 0 Å². The van der Waals surface area contributed by atoms with E-state index in [1.54, 1.807) is 22.7 Å². The lowest BCUT2D eigenvalue weighted by Crippen LogP contribution is -1.96. The van der Waals surface area contributed by atoms with Crippen LogP contribution in [0.2, 0.25) is 0 Å². The highest BCUT2D eigenvalue weighted by Gasteiger charge is 2.27. The summed E-state index contributed by atoms with van der Waals surface area (Å²) in [7, 11) is 4.30. The molecule has 240 valence electrons. The number of fused-ring (bicyclic) bond motifs is 14. The molecule has 6 aromatic carbocycles. The van der Waals surface area contributed by atoms with Crippen molar-refractivity contribution >= 4 is 131 Å². The normalized spacial score (nSPS) is 12.5. The largest absolute Gasteiger partial charge is 0.343 e. The minimum absolute atomic E-state index is 0.858. The Morgan fingerprint density at radius 2 is 0.804 bits per heavy atom. The summed E-state index contributed by atoms with van der Waals surface area (Å²) >= 11 is 4.87. The first-order valence-electron chi connectivity index (χ1n) is 16.8. The van der Waals surface area contributed by atoms with Gasteiger partial charge in [0, 0.05) is 67.6 Å². The first kappa shape index (κ1) is 28.0. The van der Waals surface area contributed by atoms with Gasteiger partial charge in [-0.3, -0.25) is 0 Å². The summed E-state index contributed by atoms with van der Waals surface area (Å²) in [6, 6.07) is 39.0. The monoisotopic (exact) mass is 708 g/mol. The van der Waals surface area contributed by atoms with Gasteiger partial charge in [-0.2, -0.15) is 8.75 Å². The number of hydrogen-bond acceptors (Lipinski definition) is 7. The van der Waals surface area contributed by atoms with Crippen LogP contribution in [0.4, 0.5) is 0 Å². The van der Waals surface area contributed by atoms with Gasteiger partial charge in [-0.25, -0.2) is 9.97 Å². The maximum absolute atomic E-state index is 5.67. The lowest BCUT2D eigenvalue weighted by atomic mass is 9.98. The van der Waals surface area contributed by atoms with Crippen LogP contribution < -0.4 is 0 Å². The standard InChI is InChI=1S/C42H24N6S3/c1-47-27-17-9-7-15-25(27)41-29(47)19-31(49-41)33-37-38(44-36-24-14-6-4-12-22(24)21-11-3-5-13-23(21)35(36)43-37)34(40-39(33)45-51-46-40)32-20-30-42(50-32)26-16-8-10-18-28(26)48(30)2/h3-20H,1-2H3. The molecule has 0 aliphatic carbocycles. The Morgan fingerprint density at radius 1 is 0.412 bits per heavy atom. The number of aromatic nitrogens is 6. The summed E-state index contributed by atoms with van der Waals surface area (Å²) < 4.78 is 17.2. The molecule has 0 aliphatic heterocycles. The Kier molecular flexibility index (Phi) is 5.46. The summed E-state index contributed by atoms with van der Waals surface area (Å²) in [5.74, 6) is 0. The molecule has 12 aromatic rings. The maximum Gasteiger partial charge on any atom is 0.116 e. The van der Waals surface area contributed by atoms with Crippen LogP contribution in [0.15, 0.2) is 109 Å². The van der Waals surface area contributed by atoms with Gasteiger partial charge in [-0.1, -0.05) is 84.9 Å². The van der Waals surface area contributed by atoms with Crippen LogP contribution in [0.1, 0.15) is 0 Å². The van der Waals surface area contributed by atoms with E-state index in [0.29, 0.717) is 0 Å². The fourth-order valence-corrected chi connectivity index (χ4v) is 11.4. The average Bonchev–Trinajstić information content (AvgIpc) is 4.01. The zero-order valence-corrected chi connectivity index (χ0v) is 29.7. The molecule has 0 amide bonds. The maximum atomic E-state index is 5.67. The van der Waals surface area contributed by atoms with Gasteiger partial charge in [0.05, 0.1) is 43.2 Å². The van der Waals surface area contributed by atoms with Gasteiger partial charge in [-0.15, -0.1) is 22.7 Å². The second-order valence-electron chi connectivity index (χ2n) is 13.2. The molecule has 0 atom stereocenters. The summed E-state index contributed by atoms with van der Waals surface area (Å²) in [5.41, 5.74) is 12.1. The summed E-state index contributed by atoms with van der Waals surface area (Å²) in [5, 5.41) is 7.06. The molecule has 0 aliphatic rings. The third-order valence-electron chi connectivity index (χ3n) is 10.6. The predicted octanol–water partition coefficient (Wildman–Crippen LogP) is 11.8. The molecule has 0 fully saturated rings. The zero-order chi connectivity index (χ0) is 33.5. The second-order valence-corrected chi connectivity index (χ2v) is 15.9. The molecule has 9 heteroatoms. The van der Waals surface area contributed by atoms with E-state index in [1.165, 1.54) is 64.7 Å². The fourth-order valence-electron chi connectivity index (χ4n) is 8.29. The third kappa shape index (κ3) is 3.60. The Hall–Kier alpha value is -5.74. The second kappa shape index (κ2) is 9.95. The van der Waals surface area contributed by atoms with Crippen LogP contribution in [0.3, 0.4) is 0 Å². The Bertz CT molecular complexity index is 3240. The van der Waals surface area contributed by atoms with Gasteiger partial charge in [0.2, 0.25) is 0 Å². The van der Waals surface area contributed by atoms with Crippen molar-refractivity contribution in [1.82, 2.24) is 27.8 Å². The highest BCUT2D eigenvalue weighted by atomic mass is 32.1. The quantitative estimate of drug-likeness (QED) is 0.132. The molecular formula is C42H24N6S3. The number of nitrogens with zero attached hydrogens (tertiary/aromatic N) is 6. The van der Waals surface area contributed by atoms with E-state index in [0.717, 1.165) is 64.8 Å². The van der Waals surface area contributed by atoms with Gasteiger partial charge in [0.1, 0.15) is 22.1 Å². The smallest absolute Gasteiger partial charge is 0.116 e. The summed E-state index contributed by atoms with van der Waals surface area (Å²) in [6.07, 6.45) is 0. The first-order chi connectivity index (χ1) is 25.1. The van der Waals surface area contributed by atoms with Gasteiger partial charge < -0.3 is 9.13 Å². The topological polar surface area (TPSA) is 61.4 Å². The first-order valence-corrected chi connectivity index (χ1v) is 19.1. The Labute approximate surface area is 301 Å². The molecule has 0 bridgehead atoms. The van der Waals surface area contributed by atoms with Gasteiger partial charge in [0.15, 0.2) is 0 Å². The van der Waals surface area contributed by atoms with Gasteiger partial charge in [0.25, 0.3) is 0 Å². The van der Waals surface area contributed by atoms with Crippen LogP contribution in [0.25, 0.3) is 118 Å². The molecular weight excluding hydrogens is 685 g/mol. The Morgan fingerprint density at radius 3 is 1.25 bits per heavy atom. The Balaban J connectivity index is 1.28.